The highest BCUT2D eigenvalue weighted by molar-refractivity contribution is 5.16. The van der Waals surface area contributed by atoms with Crippen LogP contribution in [-0.4, -0.2) is 0 Å². The average molecular weight is 260 g/mol. The Morgan fingerprint density at radius 2 is 1.74 bits per heavy atom. The van der Waals surface area contributed by atoms with Crippen molar-refractivity contribution in [2.75, 3.05) is 0 Å². The van der Waals surface area contributed by atoms with Gasteiger partial charge in [0.1, 0.15) is 0 Å². The molecule has 0 bridgehead atoms. The first-order valence-corrected chi connectivity index (χ1v) is 8.33. The van der Waals surface area contributed by atoms with Crippen LogP contribution in [-0.2, 0) is 0 Å². The molecule has 0 amide bonds. The molecule has 0 saturated heterocycles. The molecule has 0 aromatic rings. The van der Waals surface area contributed by atoms with E-state index < -0.39 is 0 Å². The van der Waals surface area contributed by atoms with E-state index in [-0.39, 0.29) is 0 Å². The maximum atomic E-state index is 3.40. The lowest BCUT2D eigenvalue weighted by Crippen LogP contribution is -2.06. The van der Waals surface area contributed by atoms with E-state index in [1.54, 1.807) is 11.1 Å². The van der Waals surface area contributed by atoms with Gasteiger partial charge < -0.3 is 0 Å². The first-order valence-electron chi connectivity index (χ1n) is 8.33. The monoisotopic (exact) mass is 260 g/mol. The highest BCUT2D eigenvalue weighted by Crippen LogP contribution is 2.35. The molecule has 1 saturated carbocycles. The molecule has 0 aliphatic heterocycles. The summed E-state index contributed by atoms with van der Waals surface area (Å²) in [6.07, 6.45) is 12.0. The number of allylic oxidation sites excluding steroid dienone is 2. The van der Waals surface area contributed by atoms with Crippen molar-refractivity contribution in [3.05, 3.63) is 11.1 Å². The second kappa shape index (κ2) is 9.24. The lowest BCUT2D eigenvalue weighted by Gasteiger charge is -2.21. The topological polar surface area (TPSA) is 0 Å². The molecule has 0 aromatic carbocycles. The SMILES string of the molecule is CC#CC1CCCC(C(CCC)=C(C)CCC)CC1. The summed E-state index contributed by atoms with van der Waals surface area (Å²) in [5.41, 5.74) is 3.49. The lowest BCUT2D eigenvalue weighted by atomic mass is 9.84. The summed E-state index contributed by atoms with van der Waals surface area (Å²) >= 11 is 0. The zero-order chi connectivity index (χ0) is 14.1. The third-order valence-corrected chi connectivity index (χ3v) is 4.50. The van der Waals surface area contributed by atoms with Crippen LogP contribution in [0.25, 0.3) is 0 Å². The number of rotatable bonds is 5. The van der Waals surface area contributed by atoms with Crippen molar-refractivity contribution in [2.24, 2.45) is 11.8 Å². The standard InChI is InChI=1S/C19H32/c1-5-9-16(4)19(11-7-3)18-13-8-12-17(10-6-2)14-15-18/h17-18H,5,7-9,11-15H2,1-4H3. The normalized spacial score (nSPS) is 25.1. The Labute approximate surface area is 121 Å². The van der Waals surface area contributed by atoms with Gasteiger partial charge in [0.15, 0.2) is 0 Å². The van der Waals surface area contributed by atoms with Crippen LogP contribution in [0, 0.1) is 23.7 Å². The van der Waals surface area contributed by atoms with Crippen molar-refractivity contribution in [3.8, 4) is 11.8 Å². The summed E-state index contributed by atoms with van der Waals surface area (Å²) in [6.45, 7) is 8.98. The quantitative estimate of drug-likeness (QED) is 0.317. The van der Waals surface area contributed by atoms with Gasteiger partial charge in [0.05, 0.1) is 0 Å². The van der Waals surface area contributed by atoms with E-state index in [0.717, 1.165) is 5.92 Å². The number of hydrogen-bond acceptors (Lipinski definition) is 0. The van der Waals surface area contributed by atoms with E-state index in [9.17, 15) is 0 Å². The molecule has 0 nitrogen and oxygen atoms in total. The Morgan fingerprint density at radius 1 is 1.00 bits per heavy atom. The van der Waals surface area contributed by atoms with E-state index in [1.807, 2.05) is 6.92 Å². The molecule has 0 N–H and O–H groups in total. The fraction of sp³-hybridized carbons (Fsp3) is 0.789. The zero-order valence-electron chi connectivity index (χ0n) is 13.5. The molecule has 0 radical (unpaired) electrons. The van der Waals surface area contributed by atoms with Crippen molar-refractivity contribution in [1.82, 2.24) is 0 Å². The number of hydrogen-bond donors (Lipinski definition) is 0. The average Bonchev–Trinajstić information content (AvgIpc) is 2.62. The fourth-order valence-electron chi connectivity index (χ4n) is 3.57. The van der Waals surface area contributed by atoms with Crippen LogP contribution in [0.4, 0.5) is 0 Å². The van der Waals surface area contributed by atoms with Crippen molar-refractivity contribution < 1.29 is 0 Å². The Hall–Kier alpha value is -0.700. The van der Waals surface area contributed by atoms with E-state index >= 15 is 0 Å². The molecule has 1 rings (SSSR count). The Balaban J connectivity index is 2.74. The minimum absolute atomic E-state index is 0.671. The molecule has 0 heterocycles. The molecule has 0 heteroatoms. The van der Waals surface area contributed by atoms with Crippen molar-refractivity contribution in [1.29, 1.82) is 0 Å². The summed E-state index contributed by atoms with van der Waals surface area (Å²) in [4.78, 5) is 0. The van der Waals surface area contributed by atoms with Crippen LogP contribution < -0.4 is 0 Å². The molecular formula is C19H32. The van der Waals surface area contributed by atoms with E-state index in [1.165, 1.54) is 57.8 Å². The van der Waals surface area contributed by atoms with Crippen LogP contribution in [0.5, 0.6) is 0 Å². The predicted molar refractivity (Wildman–Crippen MR) is 86.0 cm³/mol. The largest absolute Gasteiger partial charge is 0.106 e. The van der Waals surface area contributed by atoms with Gasteiger partial charge in [-0.2, -0.15) is 0 Å². The molecule has 19 heavy (non-hydrogen) atoms. The van der Waals surface area contributed by atoms with Crippen molar-refractivity contribution >= 4 is 0 Å². The van der Waals surface area contributed by atoms with Gasteiger partial charge >= 0.3 is 0 Å². The summed E-state index contributed by atoms with van der Waals surface area (Å²) in [5.74, 6) is 8.05. The van der Waals surface area contributed by atoms with Gasteiger partial charge in [0, 0.05) is 5.92 Å². The molecule has 2 unspecified atom stereocenters. The van der Waals surface area contributed by atoms with Crippen LogP contribution in [0.1, 0.15) is 85.5 Å². The van der Waals surface area contributed by atoms with Crippen LogP contribution in [0.3, 0.4) is 0 Å². The lowest BCUT2D eigenvalue weighted by molar-refractivity contribution is 0.496. The molecule has 108 valence electrons. The van der Waals surface area contributed by atoms with Crippen molar-refractivity contribution in [3.63, 3.8) is 0 Å². The van der Waals surface area contributed by atoms with Gasteiger partial charge in [-0.1, -0.05) is 44.3 Å². The highest BCUT2D eigenvalue weighted by Gasteiger charge is 2.21. The Morgan fingerprint density at radius 3 is 2.37 bits per heavy atom. The fourth-order valence-corrected chi connectivity index (χ4v) is 3.57. The van der Waals surface area contributed by atoms with E-state index in [4.69, 9.17) is 0 Å². The first-order chi connectivity index (χ1) is 9.22. The molecule has 1 fully saturated rings. The third kappa shape index (κ3) is 5.43. The van der Waals surface area contributed by atoms with Gasteiger partial charge in [-0.15, -0.1) is 11.8 Å². The van der Waals surface area contributed by atoms with Gasteiger partial charge in [0.2, 0.25) is 0 Å². The predicted octanol–water partition coefficient (Wildman–Crippen LogP) is 6.12. The van der Waals surface area contributed by atoms with E-state index in [2.05, 4.69) is 32.6 Å². The molecule has 1 aliphatic rings. The van der Waals surface area contributed by atoms with Crippen molar-refractivity contribution in [2.45, 2.75) is 85.5 Å². The molecule has 0 spiro atoms. The maximum Gasteiger partial charge on any atom is 0.0203 e. The molecule has 1 aliphatic carbocycles. The molecular weight excluding hydrogens is 228 g/mol. The second-order valence-corrected chi connectivity index (χ2v) is 6.10. The Bertz CT molecular complexity index is 337. The summed E-state index contributed by atoms with van der Waals surface area (Å²) < 4.78 is 0. The molecule has 0 aromatic heterocycles. The summed E-state index contributed by atoms with van der Waals surface area (Å²) in [6, 6.07) is 0. The summed E-state index contributed by atoms with van der Waals surface area (Å²) in [7, 11) is 0. The van der Waals surface area contributed by atoms with E-state index in [0.29, 0.717) is 5.92 Å². The molecule has 2 atom stereocenters. The van der Waals surface area contributed by atoms with Gasteiger partial charge in [-0.25, -0.2) is 0 Å². The first kappa shape index (κ1) is 16.4. The zero-order valence-corrected chi connectivity index (χ0v) is 13.5. The van der Waals surface area contributed by atoms with Gasteiger partial charge in [-0.3, -0.25) is 0 Å². The second-order valence-electron chi connectivity index (χ2n) is 6.10. The summed E-state index contributed by atoms with van der Waals surface area (Å²) in [5, 5.41) is 0. The minimum atomic E-state index is 0.671. The third-order valence-electron chi connectivity index (χ3n) is 4.50. The maximum absolute atomic E-state index is 3.40. The van der Waals surface area contributed by atoms with Gasteiger partial charge in [-0.05, 0) is 58.3 Å². The minimum Gasteiger partial charge on any atom is -0.106 e. The smallest absolute Gasteiger partial charge is 0.0203 e. The highest BCUT2D eigenvalue weighted by atomic mass is 14.3. The van der Waals surface area contributed by atoms with Crippen LogP contribution in [0.15, 0.2) is 11.1 Å². The van der Waals surface area contributed by atoms with Crippen LogP contribution >= 0.6 is 0 Å². The van der Waals surface area contributed by atoms with Crippen LogP contribution in [0.2, 0.25) is 0 Å². The van der Waals surface area contributed by atoms with Gasteiger partial charge in [0.25, 0.3) is 0 Å². The Kier molecular flexibility index (Phi) is 7.96.